The summed E-state index contributed by atoms with van der Waals surface area (Å²) < 4.78 is 17.3. The normalized spacial score (nSPS) is 11.6. The van der Waals surface area contributed by atoms with E-state index in [-0.39, 0.29) is 63.7 Å². The first kappa shape index (κ1) is 36.2. The monoisotopic (exact) mass is 926 g/mol. The number of hydrogen-bond donors (Lipinski definition) is 0. The fourth-order valence-electron chi connectivity index (χ4n) is 5.99. The lowest BCUT2D eigenvalue weighted by atomic mass is 9.89. The SMILES string of the molecule is COC(=O)c1cnc2c3c(Br)cc(C(=O)Oc4c(Cl)cc(Cl)cc4Cl)c4c(C)cnc(c5c(Br)cc(C(=O)Oc6c(Cl)cc(Cl)cc6Cl)c1c25)c43. The fraction of sp³-hybridized carbons (Fsp3) is 0.0571. The van der Waals surface area contributed by atoms with Gasteiger partial charge < -0.3 is 14.2 Å². The molecule has 2 aromatic heterocycles. The molecule has 0 N–H and O–H groups in total. The predicted molar refractivity (Wildman–Crippen MR) is 208 cm³/mol. The number of fused-ring (bicyclic) bond motifs is 2. The quantitative estimate of drug-likeness (QED) is 0.0727. The van der Waals surface area contributed by atoms with Crippen LogP contribution in [0.5, 0.6) is 11.5 Å². The largest absolute Gasteiger partial charge is 0.465 e. The van der Waals surface area contributed by atoms with Gasteiger partial charge in [0, 0.05) is 63.7 Å². The molecule has 0 aliphatic carbocycles. The number of aryl methyl sites for hydroxylation is 1. The molecule has 0 fully saturated rings. The second kappa shape index (κ2) is 13.7. The van der Waals surface area contributed by atoms with Crippen LogP contribution in [0.4, 0.5) is 0 Å². The number of methoxy groups -OCH3 is 1. The van der Waals surface area contributed by atoms with Crippen LogP contribution in [0.15, 0.2) is 57.7 Å². The highest BCUT2D eigenvalue weighted by molar-refractivity contribution is 9.11. The Bertz CT molecular complexity index is 2660. The molecule has 7 aromatic rings. The van der Waals surface area contributed by atoms with E-state index in [0.29, 0.717) is 52.5 Å². The van der Waals surface area contributed by atoms with E-state index in [9.17, 15) is 14.4 Å². The van der Waals surface area contributed by atoms with Crippen molar-refractivity contribution in [3.8, 4) is 11.5 Å². The Balaban J connectivity index is 1.54. The van der Waals surface area contributed by atoms with Gasteiger partial charge in [-0.15, -0.1) is 0 Å². The molecular weight excluding hydrogens is 917 g/mol. The maximum atomic E-state index is 14.0. The summed E-state index contributed by atoms with van der Waals surface area (Å²) in [4.78, 5) is 50.6. The van der Waals surface area contributed by atoms with Crippen molar-refractivity contribution in [2.75, 3.05) is 7.11 Å². The number of nitrogens with zero attached hydrogens (tertiary/aromatic N) is 2. The van der Waals surface area contributed by atoms with E-state index in [4.69, 9.17) is 93.8 Å². The van der Waals surface area contributed by atoms with Gasteiger partial charge in [0.25, 0.3) is 0 Å². The van der Waals surface area contributed by atoms with Gasteiger partial charge in [0.2, 0.25) is 0 Å². The molecule has 16 heteroatoms. The van der Waals surface area contributed by atoms with Gasteiger partial charge in [0.15, 0.2) is 11.5 Å². The first-order valence-electron chi connectivity index (χ1n) is 14.3. The number of carbonyl (C=O) groups is 3. The Morgan fingerprint density at radius 3 is 1.41 bits per heavy atom. The Hall–Kier alpha value is -3.19. The lowest BCUT2D eigenvalue weighted by Crippen LogP contribution is -2.14. The number of pyridine rings is 2. The number of carbonyl (C=O) groups excluding carboxylic acids is 3. The van der Waals surface area contributed by atoms with Gasteiger partial charge >= 0.3 is 17.9 Å². The molecule has 0 aliphatic rings. The molecule has 0 bridgehead atoms. The number of halogens is 8. The molecule has 0 radical (unpaired) electrons. The molecule has 5 aromatic carbocycles. The molecule has 0 saturated carbocycles. The second-order valence-corrected chi connectivity index (χ2v) is 15.3. The minimum atomic E-state index is -0.889. The number of hydrogen-bond acceptors (Lipinski definition) is 8. The zero-order valence-electron chi connectivity index (χ0n) is 25.5. The maximum Gasteiger partial charge on any atom is 0.344 e. The Labute approximate surface area is 334 Å². The number of rotatable bonds is 5. The van der Waals surface area contributed by atoms with Gasteiger partial charge in [-0.3, -0.25) is 9.97 Å². The van der Waals surface area contributed by atoms with E-state index in [0.717, 1.165) is 0 Å². The van der Waals surface area contributed by atoms with Crippen LogP contribution in [0.2, 0.25) is 30.1 Å². The molecule has 0 spiro atoms. The second-order valence-electron chi connectivity index (χ2n) is 11.0. The summed E-state index contributed by atoms with van der Waals surface area (Å²) in [6, 6.07) is 8.64. The standard InChI is InChI=1S/C35H14Br2Cl6N2O6/c1-11-9-44-29-26-18(37)8-15(35(48)51-32-21(42)5-13(39)6-22(32)43)24-16(33(46)49-2)10-45-30(28(24)26)25-17(36)7-14(23(11)27(25)29)34(47)50-31-19(40)3-12(38)4-20(31)41/h3-10H,1-2H3. The molecule has 0 atom stereocenters. The minimum absolute atomic E-state index is 0.00320. The molecule has 51 heavy (non-hydrogen) atoms. The highest BCUT2D eigenvalue weighted by Gasteiger charge is 2.30. The number of aromatic nitrogens is 2. The summed E-state index contributed by atoms with van der Waals surface area (Å²) in [6.07, 6.45) is 2.90. The summed E-state index contributed by atoms with van der Waals surface area (Å²) in [7, 11) is 1.21. The third-order valence-electron chi connectivity index (χ3n) is 8.04. The van der Waals surface area contributed by atoms with Gasteiger partial charge in [-0.1, -0.05) is 101 Å². The summed E-state index contributed by atoms with van der Waals surface area (Å²) in [5.41, 5.74) is 1.53. The van der Waals surface area contributed by atoms with Crippen molar-refractivity contribution >= 4 is 163 Å². The summed E-state index contributed by atoms with van der Waals surface area (Å²) in [5, 5.41) is 3.21. The number of ether oxygens (including phenoxy) is 3. The van der Waals surface area contributed by atoms with Gasteiger partial charge in [-0.05, 0) is 48.9 Å². The average Bonchev–Trinajstić information content (AvgIpc) is 3.07. The molecule has 0 unspecified atom stereocenters. The van der Waals surface area contributed by atoms with Crippen molar-refractivity contribution in [3.05, 3.63) is 110 Å². The zero-order valence-corrected chi connectivity index (χ0v) is 33.2. The average molecular weight is 931 g/mol. The smallest absolute Gasteiger partial charge is 0.344 e. The molecule has 0 saturated heterocycles. The van der Waals surface area contributed by atoms with Gasteiger partial charge in [0.1, 0.15) is 0 Å². The first-order chi connectivity index (χ1) is 24.2. The Kier molecular flexibility index (Phi) is 9.69. The zero-order chi connectivity index (χ0) is 36.6. The van der Waals surface area contributed by atoms with Crippen molar-refractivity contribution in [2.24, 2.45) is 0 Å². The fourth-order valence-corrected chi connectivity index (χ4v) is 9.01. The van der Waals surface area contributed by atoms with Crippen molar-refractivity contribution in [2.45, 2.75) is 6.92 Å². The molecule has 256 valence electrons. The highest BCUT2D eigenvalue weighted by Crippen LogP contribution is 2.48. The summed E-state index contributed by atoms with van der Waals surface area (Å²) in [5.74, 6) is -2.59. The number of benzene rings is 5. The van der Waals surface area contributed by atoms with Crippen LogP contribution in [0.3, 0.4) is 0 Å². The summed E-state index contributed by atoms with van der Waals surface area (Å²) >= 11 is 44.7. The van der Waals surface area contributed by atoms with Crippen LogP contribution < -0.4 is 9.47 Å². The molecule has 2 heterocycles. The van der Waals surface area contributed by atoms with Crippen molar-refractivity contribution in [1.29, 1.82) is 0 Å². The third-order valence-corrected chi connectivity index (χ3v) is 10.9. The van der Waals surface area contributed by atoms with E-state index in [2.05, 4.69) is 31.9 Å². The molecule has 7 rings (SSSR count). The van der Waals surface area contributed by atoms with Crippen LogP contribution in [0, 0.1) is 6.92 Å². The van der Waals surface area contributed by atoms with Crippen molar-refractivity contribution < 1.29 is 28.6 Å². The topological polar surface area (TPSA) is 105 Å². The lowest BCUT2D eigenvalue weighted by Gasteiger charge is -2.20. The van der Waals surface area contributed by atoms with Gasteiger partial charge in [-0.2, -0.15) is 0 Å². The first-order valence-corrected chi connectivity index (χ1v) is 18.2. The van der Waals surface area contributed by atoms with E-state index in [1.807, 2.05) is 0 Å². The lowest BCUT2D eigenvalue weighted by molar-refractivity contribution is 0.0602. The van der Waals surface area contributed by atoms with Gasteiger partial charge in [0.05, 0.1) is 54.9 Å². The van der Waals surface area contributed by atoms with Gasteiger partial charge in [-0.25, -0.2) is 14.4 Å². The minimum Gasteiger partial charge on any atom is -0.465 e. The maximum absolute atomic E-state index is 14.0. The van der Waals surface area contributed by atoms with E-state index in [1.54, 1.807) is 19.2 Å². The predicted octanol–water partition coefficient (Wildman–Crippen LogP) is 12.5. The van der Waals surface area contributed by atoms with E-state index >= 15 is 0 Å². The molecule has 0 amide bonds. The highest BCUT2D eigenvalue weighted by atomic mass is 79.9. The third kappa shape index (κ3) is 6.03. The van der Waals surface area contributed by atoms with E-state index in [1.165, 1.54) is 43.6 Å². The van der Waals surface area contributed by atoms with Crippen LogP contribution in [-0.2, 0) is 4.74 Å². The van der Waals surface area contributed by atoms with Crippen LogP contribution in [-0.4, -0.2) is 35.0 Å². The summed E-state index contributed by atoms with van der Waals surface area (Å²) in [6.45, 7) is 1.79. The molecule has 0 aliphatic heterocycles. The van der Waals surface area contributed by atoms with Crippen molar-refractivity contribution in [3.63, 3.8) is 0 Å². The molecular formula is C35H14Br2Cl6N2O6. The van der Waals surface area contributed by atoms with Crippen molar-refractivity contribution in [1.82, 2.24) is 9.97 Å². The number of esters is 3. The Morgan fingerprint density at radius 1 is 0.549 bits per heavy atom. The van der Waals surface area contributed by atoms with Crippen LogP contribution in [0.1, 0.15) is 36.6 Å². The Morgan fingerprint density at radius 2 is 0.961 bits per heavy atom. The molecule has 8 nitrogen and oxygen atoms in total. The van der Waals surface area contributed by atoms with Crippen LogP contribution >= 0.6 is 101 Å². The van der Waals surface area contributed by atoms with Crippen LogP contribution in [0.25, 0.3) is 43.4 Å². The van der Waals surface area contributed by atoms with E-state index < -0.39 is 17.9 Å².